The quantitative estimate of drug-likeness (QED) is 0.443. The number of halogens is 1. The molecule has 2 fully saturated rings. The Balaban J connectivity index is 1.71. The molecule has 3 rings (SSSR count). The minimum absolute atomic E-state index is 0.279. The Kier molecular flexibility index (Phi) is 7.55. The lowest BCUT2D eigenvalue weighted by atomic mass is 9.77. The molecule has 9 nitrogen and oxygen atoms in total. The maximum absolute atomic E-state index is 13.2. The van der Waals surface area contributed by atoms with Gasteiger partial charge in [-0.3, -0.25) is 14.4 Å². The van der Waals surface area contributed by atoms with Crippen LogP contribution in [-0.4, -0.2) is 60.2 Å². The average Bonchev–Trinajstić information content (AvgIpc) is 3.17. The van der Waals surface area contributed by atoms with E-state index in [0.717, 1.165) is 28.8 Å². The molecule has 0 aromatic heterocycles. The summed E-state index contributed by atoms with van der Waals surface area (Å²) in [5.41, 5.74) is -0.184. The largest absolute Gasteiger partial charge is 0.456 e. The van der Waals surface area contributed by atoms with Gasteiger partial charge in [0, 0.05) is 16.5 Å². The van der Waals surface area contributed by atoms with Crippen LogP contribution in [0.5, 0.6) is 0 Å². The van der Waals surface area contributed by atoms with Gasteiger partial charge in [0.25, 0.3) is 5.91 Å². The molecule has 2 aliphatic rings. The van der Waals surface area contributed by atoms with Crippen molar-refractivity contribution in [2.24, 2.45) is 5.92 Å². The van der Waals surface area contributed by atoms with Crippen molar-refractivity contribution >= 4 is 39.7 Å². The van der Waals surface area contributed by atoms with Crippen molar-refractivity contribution in [3.63, 3.8) is 0 Å². The van der Waals surface area contributed by atoms with Gasteiger partial charge >= 0.3 is 12.1 Å². The van der Waals surface area contributed by atoms with E-state index in [1.807, 2.05) is 0 Å². The number of Topliss-reactive ketones (excluding diaryl/α,β-unsaturated/α-hetero) is 1. The normalized spacial score (nSPS) is 19.9. The Bertz CT molecular complexity index is 883. The molecule has 0 radical (unpaired) electrons. The van der Waals surface area contributed by atoms with E-state index in [1.165, 1.54) is 7.11 Å². The van der Waals surface area contributed by atoms with Gasteiger partial charge < -0.3 is 14.8 Å². The fraction of sp³-hybridized carbons (Fsp3) is 0.545. The summed E-state index contributed by atoms with van der Waals surface area (Å²) < 4.78 is 10.7. The van der Waals surface area contributed by atoms with Gasteiger partial charge in [0.15, 0.2) is 18.4 Å². The molecule has 1 aromatic carbocycles. The number of ketones is 1. The molecule has 1 heterocycles. The molecule has 1 N–H and O–H groups in total. The number of alkyl carbamates (subject to hydrolysis) is 1. The number of hydroxylamine groups is 2. The first-order valence-electron chi connectivity index (χ1n) is 10.5. The van der Waals surface area contributed by atoms with Crippen molar-refractivity contribution in [3.05, 3.63) is 34.3 Å². The monoisotopic (exact) mass is 510 g/mol. The molecule has 2 unspecified atom stereocenters. The first-order chi connectivity index (χ1) is 15.2. The lowest BCUT2D eigenvalue weighted by Crippen LogP contribution is -2.54. The fourth-order valence-corrected chi connectivity index (χ4v) is 4.04. The van der Waals surface area contributed by atoms with Crippen molar-refractivity contribution in [2.45, 2.75) is 57.2 Å². The maximum Gasteiger partial charge on any atom is 0.407 e. The Hall–Kier alpha value is -2.46. The summed E-state index contributed by atoms with van der Waals surface area (Å²) in [6.07, 6.45) is 1.89. The lowest BCUT2D eigenvalue weighted by Gasteiger charge is -2.37. The number of carbonyl (C=O) groups is 4. The van der Waals surface area contributed by atoms with Gasteiger partial charge in [-0.15, -0.1) is 0 Å². The Morgan fingerprint density at radius 1 is 1.22 bits per heavy atom. The minimum atomic E-state index is -0.999. The second-order valence-electron chi connectivity index (χ2n) is 8.41. The van der Waals surface area contributed by atoms with Crippen molar-refractivity contribution in [2.75, 3.05) is 13.7 Å². The first kappa shape index (κ1) is 24.2. The molecule has 1 saturated carbocycles. The number of nitrogens with one attached hydrogen (secondary N) is 1. The van der Waals surface area contributed by atoms with E-state index in [1.54, 1.807) is 38.1 Å². The molecule has 1 saturated heterocycles. The number of hydrogen-bond acceptors (Lipinski definition) is 7. The van der Waals surface area contributed by atoms with E-state index in [4.69, 9.17) is 9.57 Å². The van der Waals surface area contributed by atoms with E-state index in [-0.39, 0.29) is 18.1 Å². The predicted molar refractivity (Wildman–Crippen MR) is 117 cm³/mol. The minimum Gasteiger partial charge on any atom is -0.456 e. The highest BCUT2D eigenvalue weighted by Gasteiger charge is 2.55. The summed E-state index contributed by atoms with van der Waals surface area (Å²) in [6.45, 7) is 3.08. The van der Waals surface area contributed by atoms with E-state index in [0.29, 0.717) is 5.56 Å². The molecular formula is C22H27BrN2O7. The Labute approximate surface area is 194 Å². The van der Waals surface area contributed by atoms with Crippen LogP contribution in [-0.2, 0) is 23.9 Å². The second-order valence-corrected chi connectivity index (χ2v) is 9.32. The van der Waals surface area contributed by atoms with Gasteiger partial charge in [0.2, 0.25) is 0 Å². The number of rotatable bonds is 7. The van der Waals surface area contributed by atoms with Gasteiger partial charge in [0.05, 0.1) is 12.7 Å². The zero-order chi connectivity index (χ0) is 23.5. The topological polar surface area (TPSA) is 111 Å². The molecule has 10 heteroatoms. The smallest absolute Gasteiger partial charge is 0.407 e. The van der Waals surface area contributed by atoms with Gasteiger partial charge in [-0.05, 0) is 37.3 Å². The van der Waals surface area contributed by atoms with Gasteiger partial charge in [-0.2, -0.15) is 0 Å². The Morgan fingerprint density at radius 2 is 1.88 bits per heavy atom. The molecule has 1 spiro atoms. The van der Waals surface area contributed by atoms with Crippen LogP contribution in [0.1, 0.15) is 49.9 Å². The number of carbonyl (C=O) groups excluding carboxylic acids is 4. The number of esters is 1. The highest BCUT2D eigenvalue weighted by atomic mass is 79.9. The van der Waals surface area contributed by atoms with Crippen molar-refractivity contribution in [1.29, 1.82) is 0 Å². The van der Waals surface area contributed by atoms with Crippen LogP contribution in [0, 0.1) is 5.92 Å². The van der Waals surface area contributed by atoms with Crippen LogP contribution in [0.4, 0.5) is 4.79 Å². The van der Waals surface area contributed by atoms with Crippen LogP contribution in [0.3, 0.4) is 0 Å². The molecular weight excluding hydrogens is 484 g/mol. The van der Waals surface area contributed by atoms with Crippen molar-refractivity contribution in [1.82, 2.24) is 10.4 Å². The number of amides is 2. The summed E-state index contributed by atoms with van der Waals surface area (Å²) in [5, 5.41) is 3.52. The van der Waals surface area contributed by atoms with E-state index in [9.17, 15) is 19.2 Å². The standard InChI is InChI=1S/C22H27BrN2O7/c1-13(2)18(24-21(29)30-3)19(27)25-16(11-22(32-25)9-4-10-22)20(28)31-12-17(26)14-5-7-15(23)8-6-14/h5-8,13,16,18H,4,9-12H2,1-3H3,(H,24,29). The second kappa shape index (κ2) is 9.99. The van der Waals surface area contributed by atoms with Crippen LogP contribution in [0.15, 0.2) is 28.7 Å². The number of methoxy groups -OCH3 is 1. The zero-order valence-corrected chi connectivity index (χ0v) is 19.8. The van der Waals surface area contributed by atoms with Gasteiger partial charge in [-0.1, -0.05) is 41.9 Å². The van der Waals surface area contributed by atoms with Crippen LogP contribution >= 0.6 is 15.9 Å². The van der Waals surface area contributed by atoms with Crippen LogP contribution in [0.2, 0.25) is 0 Å². The van der Waals surface area contributed by atoms with Crippen LogP contribution in [0.25, 0.3) is 0 Å². The molecule has 1 aliphatic heterocycles. The molecule has 32 heavy (non-hydrogen) atoms. The van der Waals surface area contributed by atoms with E-state index >= 15 is 0 Å². The van der Waals surface area contributed by atoms with Gasteiger partial charge in [-0.25, -0.2) is 14.7 Å². The summed E-state index contributed by atoms with van der Waals surface area (Å²) in [5.74, 6) is -1.91. The number of ether oxygens (including phenoxy) is 2. The van der Waals surface area contributed by atoms with Gasteiger partial charge in [0.1, 0.15) is 6.04 Å². The summed E-state index contributed by atoms with van der Waals surface area (Å²) >= 11 is 3.30. The third-order valence-electron chi connectivity index (χ3n) is 5.80. The third-order valence-corrected chi connectivity index (χ3v) is 6.33. The van der Waals surface area contributed by atoms with E-state index in [2.05, 4.69) is 26.0 Å². The number of hydrogen-bond donors (Lipinski definition) is 1. The molecule has 174 valence electrons. The summed E-state index contributed by atoms with van der Waals surface area (Å²) in [6, 6.07) is 4.76. The molecule has 2 amide bonds. The SMILES string of the molecule is COC(=O)NC(C(=O)N1OC2(CCC2)CC1C(=O)OCC(=O)c1ccc(Br)cc1)C(C)C. The first-order valence-corrected chi connectivity index (χ1v) is 11.3. The summed E-state index contributed by atoms with van der Waals surface area (Å²) in [7, 11) is 1.20. The maximum atomic E-state index is 13.2. The molecule has 1 aliphatic carbocycles. The lowest BCUT2D eigenvalue weighted by molar-refractivity contribution is -0.230. The molecule has 1 aromatic rings. The van der Waals surface area contributed by atoms with Crippen LogP contribution < -0.4 is 5.32 Å². The zero-order valence-electron chi connectivity index (χ0n) is 18.3. The average molecular weight is 511 g/mol. The fourth-order valence-electron chi connectivity index (χ4n) is 3.78. The van der Waals surface area contributed by atoms with E-state index < -0.39 is 42.3 Å². The van der Waals surface area contributed by atoms with Crippen molar-refractivity contribution < 1.29 is 33.5 Å². The molecule has 2 atom stereocenters. The summed E-state index contributed by atoms with van der Waals surface area (Å²) in [4.78, 5) is 56.1. The third kappa shape index (κ3) is 5.29. The molecule has 0 bridgehead atoms. The highest BCUT2D eigenvalue weighted by Crippen LogP contribution is 2.46. The van der Waals surface area contributed by atoms with Crippen molar-refractivity contribution in [3.8, 4) is 0 Å². The Morgan fingerprint density at radius 3 is 2.41 bits per heavy atom. The number of nitrogens with zero attached hydrogens (tertiary/aromatic N) is 1. The predicted octanol–water partition coefficient (Wildman–Crippen LogP) is 3.01. The highest BCUT2D eigenvalue weighted by molar-refractivity contribution is 9.10. The number of benzene rings is 1.